The number of nitrogens with one attached hydrogen (secondary N) is 1. The summed E-state index contributed by atoms with van der Waals surface area (Å²) in [5.41, 5.74) is 0.513. The van der Waals surface area contributed by atoms with Gasteiger partial charge in [-0.3, -0.25) is 4.90 Å². The average molecular weight is 657 g/mol. The van der Waals surface area contributed by atoms with Crippen LogP contribution in [0.15, 0.2) is 36.4 Å². The topological polar surface area (TPSA) is 116 Å². The highest BCUT2D eigenvalue weighted by atomic mass is 19.1. The number of nitrogens with zero attached hydrogens (tertiary/aromatic N) is 5. The van der Waals surface area contributed by atoms with Gasteiger partial charge in [-0.1, -0.05) is 25.1 Å². The van der Waals surface area contributed by atoms with Crippen LogP contribution in [0.2, 0.25) is 0 Å². The molecule has 1 aliphatic carbocycles. The quantitative estimate of drug-likeness (QED) is 0.235. The lowest BCUT2D eigenvalue weighted by atomic mass is 9.94. The van der Waals surface area contributed by atoms with Gasteiger partial charge in [0, 0.05) is 42.7 Å². The fraction of sp³-hybridized carbons (Fsp3) is 0.472. The van der Waals surface area contributed by atoms with Gasteiger partial charge in [-0.15, -0.1) is 0 Å². The van der Waals surface area contributed by atoms with Gasteiger partial charge >= 0.3 is 6.01 Å². The Morgan fingerprint density at radius 2 is 2.00 bits per heavy atom. The minimum Gasteiger partial charge on any atom is -0.508 e. The SMILES string of the molecule is CCc1c(F)ccc2cc(O)cc(-c3nc4c5c(nc(OCC6(CN7CC=C[C@H]7CO)CC6)nc5c3F)N3C[C@@H]5CC[C@@H](N5)[C@@H]3CO4)c12. The van der Waals surface area contributed by atoms with E-state index < -0.39 is 11.6 Å². The van der Waals surface area contributed by atoms with Crippen LogP contribution in [0.1, 0.15) is 38.2 Å². The van der Waals surface area contributed by atoms with E-state index in [9.17, 15) is 10.2 Å². The monoisotopic (exact) mass is 656 g/mol. The predicted octanol–water partition coefficient (Wildman–Crippen LogP) is 4.48. The third-order valence-corrected chi connectivity index (χ3v) is 11.1. The molecular weight excluding hydrogens is 618 g/mol. The average Bonchev–Trinajstić information content (AvgIpc) is 3.58. The smallest absolute Gasteiger partial charge is 0.319 e. The number of rotatable bonds is 8. The first-order valence-electron chi connectivity index (χ1n) is 17.0. The fourth-order valence-electron chi connectivity index (χ4n) is 8.33. The van der Waals surface area contributed by atoms with E-state index in [2.05, 4.69) is 26.2 Å². The Morgan fingerprint density at radius 3 is 2.81 bits per heavy atom. The van der Waals surface area contributed by atoms with Crippen LogP contribution in [0, 0.1) is 17.0 Å². The number of hydrogen-bond acceptors (Lipinski definition) is 10. The molecular formula is C36H38F2N6O4. The zero-order chi connectivity index (χ0) is 32.7. The molecule has 1 saturated carbocycles. The van der Waals surface area contributed by atoms with Gasteiger partial charge in [-0.2, -0.15) is 9.97 Å². The number of hydrogen-bond donors (Lipinski definition) is 3. The number of phenols is 1. The number of piperazine rings is 1. The molecule has 0 amide bonds. The molecule has 4 aromatic rings. The minimum atomic E-state index is -0.712. The van der Waals surface area contributed by atoms with Gasteiger partial charge in [-0.05, 0) is 66.6 Å². The Hall–Kier alpha value is -4.13. The molecule has 10 nitrogen and oxygen atoms in total. The lowest BCUT2D eigenvalue weighted by molar-refractivity contribution is 0.123. The molecule has 2 aromatic carbocycles. The largest absolute Gasteiger partial charge is 0.508 e. The maximum absolute atomic E-state index is 17.1. The maximum atomic E-state index is 17.1. The second-order valence-corrected chi connectivity index (χ2v) is 14.1. The lowest BCUT2D eigenvalue weighted by Crippen LogP contribution is -2.60. The van der Waals surface area contributed by atoms with Gasteiger partial charge < -0.3 is 29.9 Å². The van der Waals surface area contributed by atoms with Gasteiger partial charge in [0.15, 0.2) is 5.82 Å². The highest BCUT2D eigenvalue weighted by Gasteiger charge is 2.47. The van der Waals surface area contributed by atoms with Crippen molar-refractivity contribution in [1.82, 2.24) is 25.2 Å². The molecule has 250 valence electrons. The summed E-state index contributed by atoms with van der Waals surface area (Å²) in [7, 11) is 0. The van der Waals surface area contributed by atoms with Crippen LogP contribution in [-0.2, 0) is 6.42 Å². The normalized spacial score (nSPS) is 25.4. The van der Waals surface area contributed by atoms with Crippen LogP contribution in [0.4, 0.5) is 14.6 Å². The standard InChI is InChI=1S/C36H38F2N6O4/c1-2-23-25(37)7-5-19-12-22(46)13-24(28(19)23)31-30(38)32-29-33(44-14-20-6-8-26(39-20)27(44)16-47-34(29)40-31)42-35(41-32)48-18-36(9-10-36)17-43-11-3-4-21(43)15-45/h3-5,7,12-13,20-21,26-27,39,45-46H,2,6,8-11,14-18H2,1H3/t20-,21-,26+,27-/m0/s1. The first-order chi connectivity index (χ1) is 23.3. The molecule has 3 N–H and O–H groups in total. The van der Waals surface area contributed by atoms with Gasteiger partial charge in [-0.25, -0.2) is 13.8 Å². The number of benzene rings is 2. The summed E-state index contributed by atoms with van der Waals surface area (Å²) in [6.45, 7) is 4.83. The number of aryl methyl sites for hydroxylation is 1. The molecule has 48 heavy (non-hydrogen) atoms. The van der Waals surface area contributed by atoms with Crippen molar-refractivity contribution in [3.63, 3.8) is 0 Å². The number of aromatic nitrogens is 3. The lowest BCUT2D eigenvalue weighted by Gasteiger charge is -2.40. The molecule has 2 aromatic heterocycles. The number of aliphatic hydroxyl groups is 1. The fourth-order valence-corrected chi connectivity index (χ4v) is 8.33. The Balaban J connectivity index is 1.18. The highest BCUT2D eigenvalue weighted by molar-refractivity contribution is 6.03. The van der Waals surface area contributed by atoms with Crippen molar-refractivity contribution >= 4 is 27.5 Å². The summed E-state index contributed by atoms with van der Waals surface area (Å²) in [5, 5.41) is 25.7. The van der Waals surface area contributed by atoms with Crippen LogP contribution >= 0.6 is 0 Å². The van der Waals surface area contributed by atoms with E-state index in [0.29, 0.717) is 53.7 Å². The van der Waals surface area contributed by atoms with E-state index in [1.807, 2.05) is 13.0 Å². The first-order valence-corrected chi connectivity index (χ1v) is 17.0. The molecule has 2 saturated heterocycles. The predicted molar refractivity (Wildman–Crippen MR) is 177 cm³/mol. The van der Waals surface area contributed by atoms with E-state index in [0.717, 1.165) is 38.8 Å². The van der Waals surface area contributed by atoms with Crippen LogP contribution in [-0.4, -0.2) is 93.7 Å². The molecule has 9 rings (SSSR count). The van der Waals surface area contributed by atoms with Gasteiger partial charge in [0.05, 0.1) is 25.3 Å². The number of pyridine rings is 1. The summed E-state index contributed by atoms with van der Waals surface area (Å²) >= 11 is 0. The van der Waals surface area contributed by atoms with Crippen LogP contribution in [0.5, 0.6) is 17.6 Å². The molecule has 0 spiro atoms. The zero-order valence-corrected chi connectivity index (χ0v) is 26.8. The van der Waals surface area contributed by atoms with Crippen molar-refractivity contribution in [3.05, 3.63) is 53.6 Å². The molecule has 4 aliphatic heterocycles. The number of fused-ring (bicyclic) bond motifs is 6. The number of aromatic hydroxyl groups is 1. The molecule has 6 heterocycles. The Labute approximate surface area is 276 Å². The third-order valence-electron chi connectivity index (χ3n) is 11.1. The number of halogens is 2. The molecule has 0 unspecified atom stereocenters. The van der Waals surface area contributed by atoms with Crippen LogP contribution < -0.4 is 19.7 Å². The van der Waals surface area contributed by atoms with Crippen molar-refractivity contribution in [3.8, 4) is 28.9 Å². The summed E-state index contributed by atoms with van der Waals surface area (Å²) in [6, 6.07) is 6.42. The molecule has 0 radical (unpaired) electrons. The van der Waals surface area contributed by atoms with E-state index >= 15 is 8.78 Å². The van der Waals surface area contributed by atoms with Crippen molar-refractivity contribution in [2.24, 2.45) is 5.41 Å². The molecule has 3 fully saturated rings. The third kappa shape index (κ3) is 4.79. The summed E-state index contributed by atoms with van der Waals surface area (Å²) in [5.74, 6) is -0.461. The van der Waals surface area contributed by atoms with E-state index in [1.54, 1.807) is 12.1 Å². The van der Waals surface area contributed by atoms with Crippen molar-refractivity contribution in [2.75, 3.05) is 44.4 Å². The molecule has 4 atom stereocenters. The first kappa shape index (κ1) is 30.0. The van der Waals surface area contributed by atoms with E-state index in [4.69, 9.17) is 19.4 Å². The number of phenolic OH excluding ortho intramolecular Hbond substituents is 1. The summed E-state index contributed by atoms with van der Waals surface area (Å²) < 4.78 is 45.0. The van der Waals surface area contributed by atoms with Gasteiger partial charge in [0.1, 0.15) is 40.6 Å². The Morgan fingerprint density at radius 1 is 1.12 bits per heavy atom. The second-order valence-electron chi connectivity index (χ2n) is 14.1. The van der Waals surface area contributed by atoms with Gasteiger partial charge in [0.2, 0.25) is 5.88 Å². The minimum absolute atomic E-state index is 0.00117. The number of aliphatic hydroxyl groups excluding tert-OH is 1. The number of ether oxygens (including phenoxy) is 2. The Kier molecular flexibility index (Phi) is 7.00. The van der Waals surface area contributed by atoms with Gasteiger partial charge in [0.25, 0.3) is 0 Å². The van der Waals surface area contributed by atoms with Crippen molar-refractivity contribution in [1.29, 1.82) is 0 Å². The maximum Gasteiger partial charge on any atom is 0.319 e. The van der Waals surface area contributed by atoms with Crippen molar-refractivity contribution in [2.45, 2.75) is 63.2 Å². The highest BCUT2D eigenvalue weighted by Crippen LogP contribution is 2.48. The van der Waals surface area contributed by atoms with E-state index in [1.165, 1.54) is 12.1 Å². The Bertz CT molecular complexity index is 1990. The second kappa shape index (κ2) is 11.2. The number of anilines is 1. The van der Waals surface area contributed by atoms with Crippen LogP contribution in [0.25, 0.3) is 32.9 Å². The summed E-state index contributed by atoms with van der Waals surface area (Å²) in [6.07, 6.45) is 8.48. The van der Waals surface area contributed by atoms with Crippen LogP contribution in [0.3, 0.4) is 0 Å². The molecule has 12 heteroatoms. The molecule has 2 bridgehead atoms. The zero-order valence-electron chi connectivity index (χ0n) is 26.8. The van der Waals surface area contributed by atoms with E-state index in [-0.39, 0.29) is 70.6 Å². The molecule has 5 aliphatic rings. The van der Waals surface area contributed by atoms with Crippen molar-refractivity contribution < 1.29 is 28.5 Å². The summed E-state index contributed by atoms with van der Waals surface area (Å²) in [4.78, 5) is 18.8.